The molecule has 2 aromatic carbocycles. The van der Waals surface area contributed by atoms with Crippen LogP contribution < -0.4 is 9.47 Å². The lowest BCUT2D eigenvalue weighted by atomic mass is 10.0. The summed E-state index contributed by atoms with van der Waals surface area (Å²) in [5.74, 6) is 1.54. The summed E-state index contributed by atoms with van der Waals surface area (Å²) in [7, 11) is 3.26. The quantitative estimate of drug-likeness (QED) is 0.850. The van der Waals surface area contributed by atoms with Crippen LogP contribution in [-0.4, -0.2) is 19.3 Å². The summed E-state index contributed by atoms with van der Waals surface area (Å²) in [6, 6.07) is 13.6. The topological polar surface area (TPSA) is 38.7 Å². The number of methoxy groups -OCH3 is 2. The number of aliphatic hydroxyl groups is 1. The highest BCUT2D eigenvalue weighted by molar-refractivity contribution is 9.10. The highest BCUT2D eigenvalue weighted by atomic mass is 79.9. The van der Waals surface area contributed by atoms with Crippen molar-refractivity contribution in [2.45, 2.75) is 18.9 Å². The summed E-state index contributed by atoms with van der Waals surface area (Å²) in [5.41, 5.74) is 1.99. The number of aryl methyl sites for hydroxylation is 1. The maximum absolute atomic E-state index is 10.4. The summed E-state index contributed by atoms with van der Waals surface area (Å²) >= 11 is 3.40. The Morgan fingerprint density at radius 2 is 1.76 bits per heavy atom. The van der Waals surface area contributed by atoms with Crippen molar-refractivity contribution in [3.8, 4) is 11.5 Å². The third kappa shape index (κ3) is 4.22. The molecule has 0 heterocycles. The molecule has 2 aromatic rings. The third-order valence-corrected chi connectivity index (χ3v) is 3.91. The normalized spacial score (nSPS) is 12.0. The number of benzene rings is 2. The van der Waals surface area contributed by atoms with Crippen LogP contribution in [0.1, 0.15) is 23.7 Å². The van der Waals surface area contributed by atoms with Crippen LogP contribution in [0, 0.1) is 0 Å². The largest absolute Gasteiger partial charge is 0.497 e. The summed E-state index contributed by atoms with van der Waals surface area (Å²) in [6.45, 7) is 0. The zero-order chi connectivity index (χ0) is 15.2. The molecule has 112 valence electrons. The molecule has 1 atom stereocenters. The van der Waals surface area contributed by atoms with E-state index in [2.05, 4.69) is 15.9 Å². The van der Waals surface area contributed by atoms with Crippen LogP contribution >= 0.6 is 15.9 Å². The van der Waals surface area contributed by atoms with Gasteiger partial charge in [0, 0.05) is 10.0 Å². The summed E-state index contributed by atoms with van der Waals surface area (Å²) < 4.78 is 11.4. The minimum absolute atomic E-state index is 0.546. The van der Waals surface area contributed by atoms with Gasteiger partial charge in [0.2, 0.25) is 0 Å². The lowest BCUT2D eigenvalue weighted by Crippen LogP contribution is -2.02. The van der Waals surface area contributed by atoms with Gasteiger partial charge >= 0.3 is 0 Å². The predicted molar refractivity (Wildman–Crippen MR) is 87.0 cm³/mol. The molecule has 0 aromatic heterocycles. The van der Waals surface area contributed by atoms with E-state index < -0.39 is 6.10 Å². The van der Waals surface area contributed by atoms with Gasteiger partial charge in [-0.3, -0.25) is 0 Å². The molecule has 4 heteroatoms. The molecule has 0 aliphatic heterocycles. The number of aliphatic hydroxyl groups excluding tert-OH is 1. The molecule has 0 fully saturated rings. The Morgan fingerprint density at radius 3 is 2.38 bits per heavy atom. The van der Waals surface area contributed by atoms with E-state index in [0.717, 1.165) is 22.2 Å². The molecule has 1 unspecified atom stereocenters. The summed E-state index contributed by atoms with van der Waals surface area (Å²) in [5, 5.41) is 10.4. The van der Waals surface area contributed by atoms with E-state index in [0.29, 0.717) is 12.2 Å². The Bertz CT molecular complexity index is 581. The Morgan fingerprint density at radius 1 is 1.05 bits per heavy atom. The Labute approximate surface area is 133 Å². The Hall–Kier alpha value is -1.52. The molecule has 0 saturated carbocycles. The van der Waals surface area contributed by atoms with E-state index in [1.807, 2.05) is 42.5 Å². The van der Waals surface area contributed by atoms with Gasteiger partial charge in [-0.1, -0.05) is 34.1 Å². The van der Waals surface area contributed by atoms with Crippen LogP contribution in [0.4, 0.5) is 0 Å². The van der Waals surface area contributed by atoms with Crippen molar-refractivity contribution in [1.29, 1.82) is 0 Å². The second-order valence-electron chi connectivity index (χ2n) is 4.79. The SMILES string of the molecule is COc1ccc(CCC(O)c2ccc(Br)cc2OC)cc1. The first-order valence-electron chi connectivity index (χ1n) is 6.78. The highest BCUT2D eigenvalue weighted by Gasteiger charge is 2.13. The second-order valence-corrected chi connectivity index (χ2v) is 5.70. The van der Waals surface area contributed by atoms with Crippen molar-refractivity contribution >= 4 is 15.9 Å². The van der Waals surface area contributed by atoms with E-state index in [-0.39, 0.29) is 0 Å². The van der Waals surface area contributed by atoms with Crippen molar-refractivity contribution in [2.24, 2.45) is 0 Å². The van der Waals surface area contributed by atoms with Gasteiger partial charge in [0.15, 0.2) is 0 Å². The zero-order valence-corrected chi connectivity index (χ0v) is 13.8. The fourth-order valence-electron chi connectivity index (χ4n) is 2.21. The molecule has 0 spiro atoms. The molecule has 0 aliphatic carbocycles. The van der Waals surface area contributed by atoms with Crippen LogP contribution in [0.5, 0.6) is 11.5 Å². The first kappa shape index (κ1) is 15.9. The smallest absolute Gasteiger partial charge is 0.125 e. The van der Waals surface area contributed by atoms with Gasteiger partial charge in [-0.25, -0.2) is 0 Å². The molecule has 1 N–H and O–H groups in total. The van der Waals surface area contributed by atoms with E-state index >= 15 is 0 Å². The first-order valence-corrected chi connectivity index (χ1v) is 7.57. The van der Waals surface area contributed by atoms with Gasteiger partial charge in [0.1, 0.15) is 11.5 Å². The van der Waals surface area contributed by atoms with Gasteiger partial charge in [0.05, 0.1) is 20.3 Å². The lowest BCUT2D eigenvalue weighted by Gasteiger charge is -2.15. The standard InChI is InChI=1S/C17H19BrO3/c1-20-14-7-3-12(4-8-14)5-10-16(19)15-9-6-13(18)11-17(15)21-2/h3-4,6-9,11,16,19H,5,10H2,1-2H3. The van der Waals surface area contributed by atoms with E-state index in [9.17, 15) is 5.11 Å². The third-order valence-electron chi connectivity index (χ3n) is 3.42. The summed E-state index contributed by atoms with van der Waals surface area (Å²) in [4.78, 5) is 0. The van der Waals surface area contributed by atoms with Gasteiger partial charge in [-0.2, -0.15) is 0 Å². The minimum Gasteiger partial charge on any atom is -0.497 e. The average Bonchev–Trinajstić information content (AvgIpc) is 2.52. The number of rotatable bonds is 6. The fourth-order valence-corrected chi connectivity index (χ4v) is 2.55. The maximum Gasteiger partial charge on any atom is 0.125 e. The van der Waals surface area contributed by atoms with Crippen molar-refractivity contribution in [3.05, 3.63) is 58.1 Å². The highest BCUT2D eigenvalue weighted by Crippen LogP contribution is 2.31. The monoisotopic (exact) mass is 350 g/mol. The van der Waals surface area contributed by atoms with Crippen molar-refractivity contribution in [1.82, 2.24) is 0 Å². The first-order chi connectivity index (χ1) is 10.1. The van der Waals surface area contributed by atoms with Gasteiger partial charge in [0.25, 0.3) is 0 Å². The molecule has 0 bridgehead atoms. The molecule has 0 saturated heterocycles. The lowest BCUT2D eigenvalue weighted by molar-refractivity contribution is 0.163. The zero-order valence-electron chi connectivity index (χ0n) is 12.2. The minimum atomic E-state index is -0.546. The molecular weight excluding hydrogens is 332 g/mol. The van der Waals surface area contributed by atoms with Crippen LogP contribution in [-0.2, 0) is 6.42 Å². The van der Waals surface area contributed by atoms with Crippen molar-refractivity contribution in [3.63, 3.8) is 0 Å². The van der Waals surface area contributed by atoms with Gasteiger partial charge in [-0.05, 0) is 42.7 Å². The molecule has 0 aliphatic rings. The van der Waals surface area contributed by atoms with E-state index in [1.165, 1.54) is 5.56 Å². The number of hydrogen-bond donors (Lipinski definition) is 1. The van der Waals surface area contributed by atoms with Crippen LogP contribution in [0.3, 0.4) is 0 Å². The summed E-state index contributed by atoms with van der Waals surface area (Å²) in [6.07, 6.45) is 0.893. The van der Waals surface area contributed by atoms with Gasteiger partial charge in [-0.15, -0.1) is 0 Å². The molecule has 0 radical (unpaired) electrons. The van der Waals surface area contributed by atoms with Crippen molar-refractivity contribution < 1.29 is 14.6 Å². The molecule has 3 nitrogen and oxygen atoms in total. The Kier molecular flexibility index (Phi) is 5.65. The van der Waals surface area contributed by atoms with Crippen LogP contribution in [0.2, 0.25) is 0 Å². The van der Waals surface area contributed by atoms with E-state index in [4.69, 9.17) is 9.47 Å². The maximum atomic E-state index is 10.4. The molecule has 21 heavy (non-hydrogen) atoms. The second kappa shape index (κ2) is 7.48. The number of hydrogen-bond acceptors (Lipinski definition) is 3. The fraction of sp³-hybridized carbons (Fsp3) is 0.294. The molecule has 2 rings (SSSR count). The number of halogens is 1. The molecular formula is C17H19BrO3. The Balaban J connectivity index is 2.02. The van der Waals surface area contributed by atoms with E-state index in [1.54, 1.807) is 14.2 Å². The van der Waals surface area contributed by atoms with Crippen LogP contribution in [0.25, 0.3) is 0 Å². The number of ether oxygens (including phenoxy) is 2. The van der Waals surface area contributed by atoms with Crippen molar-refractivity contribution in [2.75, 3.05) is 14.2 Å². The average molecular weight is 351 g/mol. The van der Waals surface area contributed by atoms with Crippen LogP contribution in [0.15, 0.2) is 46.9 Å². The predicted octanol–water partition coefficient (Wildman–Crippen LogP) is 4.13. The van der Waals surface area contributed by atoms with Gasteiger partial charge < -0.3 is 14.6 Å². The molecule has 0 amide bonds.